The molecule has 1 aliphatic rings. The lowest BCUT2D eigenvalue weighted by Gasteiger charge is -2.19. The molecule has 0 unspecified atom stereocenters. The van der Waals surface area contributed by atoms with Gasteiger partial charge in [0.25, 0.3) is 0 Å². The summed E-state index contributed by atoms with van der Waals surface area (Å²) in [5.41, 5.74) is 0.921. The third-order valence-electron chi connectivity index (χ3n) is 3.25. The topological polar surface area (TPSA) is 92.5 Å². The molecule has 1 aliphatic carbocycles. The van der Waals surface area contributed by atoms with Crippen molar-refractivity contribution in [1.29, 1.82) is 0 Å². The molecule has 1 aromatic rings. The van der Waals surface area contributed by atoms with Gasteiger partial charge in [-0.25, -0.2) is 8.42 Å². The molecule has 0 radical (unpaired) electrons. The maximum absolute atomic E-state index is 12.6. The van der Waals surface area contributed by atoms with Crippen LogP contribution in [-0.4, -0.2) is 46.2 Å². The summed E-state index contributed by atoms with van der Waals surface area (Å²) in [5, 5.41) is 13.0. The molecule has 0 aromatic carbocycles. The van der Waals surface area contributed by atoms with Gasteiger partial charge in [-0.3, -0.25) is 9.48 Å². The number of sulfonamides is 1. The van der Waals surface area contributed by atoms with Gasteiger partial charge in [0, 0.05) is 13.1 Å². The Bertz CT molecular complexity index is 616. The minimum Gasteiger partial charge on any atom is -0.480 e. The molecule has 106 valence electrons. The molecular weight excluding hydrogens is 270 g/mol. The largest absolute Gasteiger partial charge is 0.480 e. The highest BCUT2D eigenvalue weighted by Gasteiger charge is 2.41. The Kier molecular flexibility index (Phi) is 3.40. The molecule has 7 nitrogen and oxygen atoms in total. The van der Waals surface area contributed by atoms with Gasteiger partial charge in [-0.05, 0) is 26.7 Å². The molecule has 1 aromatic heterocycles. The Morgan fingerprint density at radius 3 is 2.42 bits per heavy atom. The van der Waals surface area contributed by atoms with Crippen LogP contribution < -0.4 is 0 Å². The number of carboxylic acids is 1. The van der Waals surface area contributed by atoms with Gasteiger partial charge >= 0.3 is 5.97 Å². The number of hydrogen-bond donors (Lipinski definition) is 1. The zero-order chi connectivity index (χ0) is 14.4. The van der Waals surface area contributed by atoms with Crippen LogP contribution in [0.15, 0.2) is 4.90 Å². The third-order valence-corrected chi connectivity index (χ3v) is 5.41. The molecule has 0 amide bonds. The molecule has 0 bridgehead atoms. The van der Waals surface area contributed by atoms with E-state index in [1.807, 2.05) is 0 Å². The van der Waals surface area contributed by atoms with Crippen molar-refractivity contribution in [1.82, 2.24) is 14.1 Å². The molecule has 0 saturated heterocycles. The molecule has 0 atom stereocenters. The van der Waals surface area contributed by atoms with Gasteiger partial charge in [0.15, 0.2) is 0 Å². The Balaban J connectivity index is 2.47. The number of carbonyl (C=O) groups is 1. The molecule has 8 heteroatoms. The first-order chi connectivity index (χ1) is 8.75. The fourth-order valence-electron chi connectivity index (χ4n) is 2.15. The zero-order valence-corrected chi connectivity index (χ0v) is 11.9. The van der Waals surface area contributed by atoms with Gasteiger partial charge in [-0.1, -0.05) is 0 Å². The van der Waals surface area contributed by atoms with Crippen LogP contribution in [-0.2, 0) is 21.9 Å². The fourth-order valence-corrected chi connectivity index (χ4v) is 4.19. The van der Waals surface area contributed by atoms with Gasteiger partial charge in [-0.15, -0.1) is 0 Å². The van der Waals surface area contributed by atoms with Crippen LogP contribution >= 0.6 is 0 Å². The number of aliphatic carboxylic acids is 1. The quantitative estimate of drug-likeness (QED) is 0.839. The smallest absolute Gasteiger partial charge is 0.318 e. The lowest BCUT2D eigenvalue weighted by Crippen LogP contribution is -2.37. The molecule has 1 heterocycles. The third kappa shape index (κ3) is 2.50. The van der Waals surface area contributed by atoms with Crippen molar-refractivity contribution >= 4 is 16.0 Å². The number of rotatable bonds is 5. The van der Waals surface area contributed by atoms with E-state index in [1.54, 1.807) is 20.9 Å². The lowest BCUT2D eigenvalue weighted by molar-refractivity contribution is -0.137. The van der Waals surface area contributed by atoms with Crippen LogP contribution in [0, 0.1) is 13.8 Å². The first-order valence-electron chi connectivity index (χ1n) is 5.99. The summed E-state index contributed by atoms with van der Waals surface area (Å²) in [7, 11) is -2.14. The second-order valence-corrected chi connectivity index (χ2v) is 6.63. The van der Waals surface area contributed by atoms with Gasteiger partial charge in [0.2, 0.25) is 10.0 Å². The summed E-state index contributed by atoms with van der Waals surface area (Å²) in [5.74, 6) is -1.14. The summed E-state index contributed by atoms with van der Waals surface area (Å²) in [4.78, 5) is 11.0. The molecule has 2 rings (SSSR count). The average molecular weight is 287 g/mol. The van der Waals surface area contributed by atoms with Crippen molar-refractivity contribution in [2.75, 3.05) is 6.54 Å². The molecule has 0 aliphatic heterocycles. The van der Waals surface area contributed by atoms with E-state index in [9.17, 15) is 13.2 Å². The Hall–Kier alpha value is -1.41. The summed E-state index contributed by atoms with van der Waals surface area (Å²) < 4.78 is 27.8. The fraction of sp³-hybridized carbons (Fsp3) is 0.636. The van der Waals surface area contributed by atoms with Crippen LogP contribution in [0.25, 0.3) is 0 Å². The van der Waals surface area contributed by atoms with E-state index < -0.39 is 22.5 Å². The highest BCUT2D eigenvalue weighted by molar-refractivity contribution is 7.89. The van der Waals surface area contributed by atoms with Gasteiger partial charge < -0.3 is 5.11 Å². The first kappa shape index (κ1) is 14.0. The Morgan fingerprint density at radius 2 is 2.05 bits per heavy atom. The van der Waals surface area contributed by atoms with Crippen LogP contribution in [0.4, 0.5) is 0 Å². The predicted octanol–water partition coefficient (Wildman–Crippen LogP) is 0.275. The van der Waals surface area contributed by atoms with Gasteiger partial charge in [0.1, 0.15) is 11.4 Å². The van der Waals surface area contributed by atoms with E-state index >= 15 is 0 Å². The van der Waals surface area contributed by atoms with E-state index in [2.05, 4.69) is 5.10 Å². The van der Waals surface area contributed by atoms with Gasteiger partial charge in [0.05, 0.1) is 11.4 Å². The standard InChI is InChI=1S/C11H17N3O4S/c1-7-11(8(2)13(3)12-7)19(17,18)14(6-10(15)16)9-4-5-9/h9H,4-6H2,1-3H3,(H,15,16). The summed E-state index contributed by atoms with van der Waals surface area (Å²) >= 11 is 0. The zero-order valence-electron chi connectivity index (χ0n) is 11.1. The average Bonchev–Trinajstić information content (AvgIpc) is 3.04. The molecule has 1 saturated carbocycles. The van der Waals surface area contributed by atoms with Crippen LogP contribution in [0.1, 0.15) is 24.2 Å². The molecular formula is C11H17N3O4S. The minimum absolute atomic E-state index is 0.128. The van der Waals surface area contributed by atoms with E-state index in [-0.39, 0.29) is 10.9 Å². The minimum atomic E-state index is -3.80. The van der Waals surface area contributed by atoms with Crippen molar-refractivity contribution in [3.8, 4) is 0 Å². The van der Waals surface area contributed by atoms with E-state index in [0.29, 0.717) is 24.2 Å². The maximum atomic E-state index is 12.6. The van der Waals surface area contributed by atoms with Crippen LogP contribution in [0.5, 0.6) is 0 Å². The highest BCUT2D eigenvalue weighted by atomic mass is 32.2. The van der Waals surface area contributed by atoms with E-state index in [4.69, 9.17) is 5.11 Å². The second kappa shape index (κ2) is 4.61. The number of carboxylic acid groups (broad SMARTS) is 1. The van der Waals surface area contributed by atoms with Crippen molar-refractivity contribution in [2.24, 2.45) is 7.05 Å². The van der Waals surface area contributed by atoms with Crippen LogP contribution in [0.2, 0.25) is 0 Å². The highest BCUT2D eigenvalue weighted by Crippen LogP contribution is 2.33. The monoisotopic (exact) mass is 287 g/mol. The van der Waals surface area contributed by atoms with Crippen molar-refractivity contribution in [3.63, 3.8) is 0 Å². The Morgan fingerprint density at radius 1 is 1.47 bits per heavy atom. The summed E-state index contributed by atoms with van der Waals surface area (Å²) in [6, 6.07) is -0.194. The van der Waals surface area contributed by atoms with Crippen LogP contribution in [0.3, 0.4) is 0 Å². The summed E-state index contributed by atoms with van der Waals surface area (Å²) in [6.07, 6.45) is 1.43. The normalized spacial score (nSPS) is 16.0. The number of nitrogens with zero attached hydrogens (tertiary/aromatic N) is 3. The van der Waals surface area contributed by atoms with Gasteiger partial charge in [-0.2, -0.15) is 9.40 Å². The first-order valence-corrected chi connectivity index (χ1v) is 7.43. The molecule has 19 heavy (non-hydrogen) atoms. The number of aryl methyl sites for hydroxylation is 2. The lowest BCUT2D eigenvalue weighted by atomic mass is 10.4. The van der Waals surface area contributed by atoms with E-state index in [1.165, 1.54) is 4.68 Å². The van der Waals surface area contributed by atoms with E-state index in [0.717, 1.165) is 4.31 Å². The molecule has 0 spiro atoms. The molecule has 1 N–H and O–H groups in total. The van der Waals surface area contributed by atoms with Crippen molar-refractivity contribution in [3.05, 3.63) is 11.4 Å². The summed E-state index contributed by atoms with van der Waals surface area (Å²) in [6.45, 7) is 2.78. The van der Waals surface area contributed by atoms with Crippen molar-refractivity contribution in [2.45, 2.75) is 37.6 Å². The number of hydrogen-bond acceptors (Lipinski definition) is 4. The second-order valence-electron chi connectivity index (χ2n) is 4.80. The van der Waals surface area contributed by atoms with Crippen molar-refractivity contribution < 1.29 is 18.3 Å². The maximum Gasteiger partial charge on any atom is 0.318 e. The molecule has 1 fully saturated rings. The Labute approximate surface area is 111 Å². The SMILES string of the molecule is Cc1nn(C)c(C)c1S(=O)(=O)N(CC(=O)O)C1CC1. The predicted molar refractivity (Wildman–Crippen MR) is 67.2 cm³/mol. The number of aromatic nitrogens is 2.